The van der Waals surface area contributed by atoms with E-state index in [0.29, 0.717) is 0 Å². The molecule has 0 saturated carbocycles. The highest BCUT2D eigenvalue weighted by Gasteiger charge is 2.16. The van der Waals surface area contributed by atoms with Crippen molar-refractivity contribution < 1.29 is 0 Å². The maximum absolute atomic E-state index is 4.30. The summed E-state index contributed by atoms with van der Waals surface area (Å²) in [7, 11) is 0. The largest absolute Gasteiger partial charge is 0.200 e. The van der Waals surface area contributed by atoms with Crippen LogP contribution in [-0.2, 0) is 12.8 Å². The molecule has 16 heavy (non-hydrogen) atoms. The van der Waals surface area contributed by atoms with Gasteiger partial charge in [0.15, 0.2) is 5.65 Å². The average Bonchev–Trinajstić information content (AvgIpc) is 2.78. The number of aromatic nitrogens is 4. The molecule has 0 spiro atoms. The molecule has 0 N–H and O–H groups in total. The van der Waals surface area contributed by atoms with Crippen molar-refractivity contribution in [2.45, 2.75) is 12.8 Å². The van der Waals surface area contributed by atoms with E-state index in [9.17, 15) is 0 Å². The van der Waals surface area contributed by atoms with E-state index in [1.165, 1.54) is 21.9 Å². The van der Waals surface area contributed by atoms with E-state index >= 15 is 0 Å². The Morgan fingerprint density at radius 1 is 1.12 bits per heavy atom. The van der Waals surface area contributed by atoms with Crippen molar-refractivity contribution in [2.24, 2.45) is 0 Å². The summed E-state index contributed by atoms with van der Waals surface area (Å²) in [5, 5.41) is 14.8. The monoisotopic (exact) mass is 232 g/mol. The Kier molecular flexibility index (Phi) is 1.88. The van der Waals surface area contributed by atoms with E-state index in [1.807, 2.05) is 6.20 Å². The van der Waals surface area contributed by atoms with Gasteiger partial charge in [0.2, 0.25) is 0 Å². The molecule has 5 heteroatoms. The molecule has 5 rings (SSSR count). The third kappa shape index (κ3) is 1.02. The second-order valence-corrected chi connectivity index (χ2v) is 3.92. The van der Waals surface area contributed by atoms with Gasteiger partial charge in [0.1, 0.15) is 6.33 Å². The topological polar surface area (TPSA) is 43.1 Å². The summed E-state index contributed by atoms with van der Waals surface area (Å²) in [5.41, 5.74) is 3.61. The van der Waals surface area contributed by atoms with Gasteiger partial charge in [0, 0.05) is 10.8 Å². The van der Waals surface area contributed by atoms with Gasteiger partial charge < -0.3 is 0 Å². The van der Waals surface area contributed by atoms with Gasteiger partial charge in [-0.1, -0.05) is 12.1 Å². The van der Waals surface area contributed by atoms with E-state index in [1.54, 1.807) is 10.8 Å². The second kappa shape index (κ2) is 3.15. The minimum atomic E-state index is 0. The van der Waals surface area contributed by atoms with Crippen LogP contribution in [0.25, 0.3) is 16.4 Å². The first-order valence-electron chi connectivity index (χ1n) is 5.03. The van der Waals surface area contributed by atoms with Crippen molar-refractivity contribution in [3.05, 3.63) is 35.8 Å². The molecular formula is C11H9ClN4. The summed E-state index contributed by atoms with van der Waals surface area (Å²) in [6, 6.07) is 4.38. The van der Waals surface area contributed by atoms with Crippen molar-refractivity contribution in [3.63, 3.8) is 0 Å². The molecule has 2 heterocycles. The standard InChI is InChI=1S/C11H8N4.ClH/c1-3-8-4-2-7(1)9-5-13-15-6-12-14-11(15)10(8)9;/h1,3,5-6H,2,4H2;1H. The number of benzene rings is 1. The van der Waals surface area contributed by atoms with Crippen molar-refractivity contribution in [1.82, 2.24) is 19.8 Å². The summed E-state index contributed by atoms with van der Waals surface area (Å²) >= 11 is 0. The zero-order valence-electron chi connectivity index (χ0n) is 8.42. The van der Waals surface area contributed by atoms with Gasteiger partial charge >= 0.3 is 0 Å². The molecule has 0 radical (unpaired) electrons. The fourth-order valence-corrected chi connectivity index (χ4v) is 2.41. The normalized spacial score (nSPS) is 13.2. The Hall–Kier alpha value is -1.68. The average molecular weight is 233 g/mol. The summed E-state index contributed by atoms with van der Waals surface area (Å²) < 4.78 is 1.74. The highest BCUT2D eigenvalue weighted by molar-refractivity contribution is 5.99. The molecule has 0 atom stereocenters. The van der Waals surface area contributed by atoms with E-state index in [-0.39, 0.29) is 12.4 Å². The Bertz CT molecular complexity index is 689. The first-order chi connectivity index (χ1) is 7.43. The smallest absolute Gasteiger partial charge is 0.185 e. The van der Waals surface area contributed by atoms with Gasteiger partial charge in [-0.05, 0) is 24.0 Å². The lowest BCUT2D eigenvalue weighted by atomic mass is 9.89. The summed E-state index contributed by atoms with van der Waals surface area (Å²) in [6.45, 7) is 0. The molecule has 2 aliphatic carbocycles. The minimum absolute atomic E-state index is 0. The van der Waals surface area contributed by atoms with Gasteiger partial charge in [0.25, 0.3) is 0 Å². The lowest BCUT2D eigenvalue weighted by Gasteiger charge is -2.16. The minimum Gasteiger partial charge on any atom is -0.200 e. The maximum Gasteiger partial charge on any atom is 0.185 e. The molecule has 1 aromatic carbocycles. The first kappa shape index (κ1) is 9.54. The van der Waals surface area contributed by atoms with Crippen LogP contribution in [0.4, 0.5) is 0 Å². The van der Waals surface area contributed by atoms with Crippen LogP contribution in [-0.4, -0.2) is 19.8 Å². The van der Waals surface area contributed by atoms with E-state index < -0.39 is 0 Å². The number of hydrogen-bond acceptors (Lipinski definition) is 3. The summed E-state index contributed by atoms with van der Waals surface area (Å²) in [4.78, 5) is 0. The molecular weight excluding hydrogens is 224 g/mol. The van der Waals surface area contributed by atoms with Crippen LogP contribution in [0.1, 0.15) is 11.1 Å². The van der Waals surface area contributed by atoms with Gasteiger partial charge in [0.05, 0.1) is 6.20 Å². The molecule has 80 valence electrons. The zero-order chi connectivity index (χ0) is 9.83. The summed E-state index contributed by atoms with van der Waals surface area (Å²) in [5.74, 6) is 0. The third-order valence-corrected chi connectivity index (χ3v) is 3.15. The van der Waals surface area contributed by atoms with Crippen molar-refractivity contribution >= 4 is 28.8 Å². The fraction of sp³-hybridized carbons (Fsp3) is 0.182. The van der Waals surface area contributed by atoms with Crippen LogP contribution >= 0.6 is 12.4 Å². The highest BCUT2D eigenvalue weighted by atomic mass is 35.5. The lowest BCUT2D eigenvalue weighted by molar-refractivity contribution is 0.911. The van der Waals surface area contributed by atoms with Gasteiger partial charge in [-0.25, -0.2) is 0 Å². The molecule has 4 nitrogen and oxygen atoms in total. The Morgan fingerprint density at radius 3 is 2.75 bits per heavy atom. The van der Waals surface area contributed by atoms with Gasteiger partial charge in [-0.15, -0.1) is 22.6 Å². The van der Waals surface area contributed by atoms with Crippen molar-refractivity contribution in [2.75, 3.05) is 0 Å². The molecule has 0 unspecified atom stereocenters. The number of aryl methyl sites for hydroxylation is 2. The van der Waals surface area contributed by atoms with Crippen LogP contribution in [0.5, 0.6) is 0 Å². The highest BCUT2D eigenvalue weighted by Crippen LogP contribution is 2.31. The molecule has 0 amide bonds. The Balaban J connectivity index is 0.000000810. The van der Waals surface area contributed by atoms with Crippen LogP contribution in [0.2, 0.25) is 0 Å². The van der Waals surface area contributed by atoms with E-state index in [2.05, 4.69) is 27.4 Å². The van der Waals surface area contributed by atoms with Gasteiger partial charge in [-0.2, -0.15) is 9.61 Å². The van der Waals surface area contributed by atoms with Gasteiger partial charge in [-0.3, -0.25) is 0 Å². The molecule has 0 aliphatic heterocycles. The number of rotatable bonds is 0. The van der Waals surface area contributed by atoms with Crippen LogP contribution in [0.3, 0.4) is 0 Å². The third-order valence-electron chi connectivity index (χ3n) is 3.15. The van der Waals surface area contributed by atoms with Crippen LogP contribution in [0, 0.1) is 0 Å². The predicted molar refractivity (Wildman–Crippen MR) is 62.9 cm³/mol. The van der Waals surface area contributed by atoms with E-state index in [4.69, 9.17) is 0 Å². The van der Waals surface area contributed by atoms with Crippen LogP contribution < -0.4 is 0 Å². The molecule has 2 bridgehead atoms. The first-order valence-corrected chi connectivity index (χ1v) is 5.03. The Morgan fingerprint density at radius 2 is 1.94 bits per heavy atom. The zero-order valence-corrected chi connectivity index (χ0v) is 9.24. The molecule has 3 aromatic rings. The number of hydrogen-bond donors (Lipinski definition) is 0. The number of fused-ring (bicyclic) bond motifs is 3. The second-order valence-electron chi connectivity index (χ2n) is 3.92. The molecule has 0 fully saturated rings. The molecule has 2 aromatic heterocycles. The van der Waals surface area contributed by atoms with Crippen molar-refractivity contribution in [3.8, 4) is 0 Å². The summed E-state index contributed by atoms with van der Waals surface area (Å²) in [6.07, 6.45) is 5.81. The Labute approximate surface area is 97.7 Å². The molecule has 2 aliphatic rings. The van der Waals surface area contributed by atoms with Crippen LogP contribution in [0.15, 0.2) is 24.7 Å². The number of nitrogens with zero attached hydrogens (tertiary/aromatic N) is 4. The SMILES string of the molecule is Cl.c1cc2c3c(cnn4cnnc34)c1CC2. The lowest BCUT2D eigenvalue weighted by Crippen LogP contribution is -2.05. The maximum atomic E-state index is 4.30. The van der Waals surface area contributed by atoms with Crippen molar-refractivity contribution in [1.29, 1.82) is 0 Å². The fourth-order valence-electron chi connectivity index (χ4n) is 2.41. The van der Waals surface area contributed by atoms with E-state index in [0.717, 1.165) is 18.5 Å². The number of halogens is 1. The quantitative estimate of drug-likeness (QED) is 0.594. The predicted octanol–water partition coefficient (Wildman–Crippen LogP) is 1.80. The molecule has 0 saturated heterocycles.